The van der Waals surface area contributed by atoms with E-state index in [1.54, 1.807) is 10.6 Å². The Hall–Kier alpha value is -0.960. The number of hydrogen-bond donors (Lipinski definition) is 2. The summed E-state index contributed by atoms with van der Waals surface area (Å²) in [4.78, 5) is 0. The minimum absolute atomic E-state index is 0.138. The lowest BCUT2D eigenvalue weighted by molar-refractivity contribution is 0.277. The van der Waals surface area contributed by atoms with Crippen LogP contribution in [0.3, 0.4) is 0 Å². The number of aliphatic hydroxyl groups excluding tert-OH is 1. The number of nitrogens with zero attached hydrogens (tertiary/aromatic N) is 1. The zero-order valence-corrected chi connectivity index (χ0v) is 5.12. The van der Waals surface area contributed by atoms with Gasteiger partial charge in [0.1, 0.15) is 5.82 Å². The van der Waals surface area contributed by atoms with E-state index in [0.717, 1.165) is 0 Å². The minimum Gasteiger partial charge on any atom is -0.395 e. The Morgan fingerprint density at radius 1 is 1.67 bits per heavy atom. The summed E-state index contributed by atoms with van der Waals surface area (Å²) >= 11 is 0. The van der Waals surface area contributed by atoms with E-state index in [1.807, 2.05) is 12.3 Å². The van der Waals surface area contributed by atoms with E-state index < -0.39 is 0 Å². The van der Waals surface area contributed by atoms with Gasteiger partial charge in [-0.05, 0) is 12.1 Å². The highest BCUT2D eigenvalue weighted by Gasteiger charge is 1.91. The van der Waals surface area contributed by atoms with Gasteiger partial charge in [0.2, 0.25) is 0 Å². The van der Waals surface area contributed by atoms with Crippen LogP contribution in [0.5, 0.6) is 0 Å². The fraction of sp³-hybridized carbons (Fsp3) is 0.333. The average Bonchev–Trinajstić information content (AvgIpc) is 2.18. The maximum absolute atomic E-state index is 8.49. The van der Waals surface area contributed by atoms with Gasteiger partial charge in [0.05, 0.1) is 6.61 Å². The van der Waals surface area contributed by atoms with Crippen LogP contribution in [0.1, 0.15) is 0 Å². The lowest BCUT2D eigenvalue weighted by atomic mass is 10.6. The molecular formula is C6H10N2O. The Morgan fingerprint density at radius 2 is 2.44 bits per heavy atom. The summed E-state index contributed by atoms with van der Waals surface area (Å²) in [7, 11) is 0. The number of anilines is 1. The average molecular weight is 126 g/mol. The molecule has 0 saturated carbocycles. The number of aliphatic hydroxyl groups is 1. The van der Waals surface area contributed by atoms with Gasteiger partial charge in [-0.3, -0.25) is 0 Å². The molecular weight excluding hydrogens is 116 g/mol. The van der Waals surface area contributed by atoms with Gasteiger partial charge in [-0.15, -0.1) is 0 Å². The third kappa shape index (κ3) is 1.23. The molecule has 9 heavy (non-hydrogen) atoms. The van der Waals surface area contributed by atoms with Gasteiger partial charge in [-0.1, -0.05) is 0 Å². The monoisotopic (exact) mass is 126 g/mol. The highest BCUT2D eigenvalue weighted by molar-refractivity contribution is 5.29. The van der Waals surface area contributed by atoms with Crippen molar-refractivity contribution in [2.75, 3.05) is 12.3 Å². The van der Waals surface area contributed by atoms with Crippen LogP contribution >= 0.6 is 0 Å². The van der Waals surface area contributed by atoms with E-state index in [9.17, 15) is 0 Å². The van der Waals surface area contributed by atoms with Gasteiger partial charge in [0, 0.05) is 12.7 Å². The molecule has 0 aliphatic heterocycles. The van der Waals surface area contributed by atoms with Crippen LogP contribution in [0.2, 0.25) is 0 Å². The van der Waals surface area contributed by atoms with Crippen molar-refractivity contribution in [2.45, 2.75) is 6.54 Å². The number of hydrogen-bond acceptors (Lipinski definition) is 2. The van der Waals surface area contributed by atoms with Crippen LogP contribution in [0.25, 0.3) is 0 Å². The van der Waals surface area contributed by atoms with Crippen LogP contribution in [-0.2, 0) is 6.54 Å². The van der Waals surface area contributed by atoms with Crippen molar-refractivity contribution in [3.05, 3.63) is 18.3 Å². The number of nitrogens with two attached hydrogens (primary N) is 1. The van der Waals surface area contributed by atoms with Gasteiger partial charge in [0.15, 0.2) is 0 Å². The van der Waals surface area contributed by atoms with Gasteiger partial charge in [0.25, 0.3) is 0 Å². The van der Waals surface area contributed by atoms with E-state index in [4.69, 9.17) is 10.8 Å². The van der Waals surface area contributed by atoms with E-state index in [-0.39, 0.29) is 6.61 Å². The molecule has 0 aliphatic rings. The normalized spacial score (nSPS) is 9.89. The summed E-state index contributed by atoms with van der Waals surface area (Å²) in [5, 5.41) is 8.49. The maximum atomic E-state index is 8.49. The first-order chi connectivity index (χ1) is 4.34. The molecule has 0 atom stereocenters. The first-order valence-corrected chi connectivity index (χ1v) is 2.86. The molecule has 3 heteroatoms. The van der Waals surface area contributed by atoms with E-state index in [2.05, 4.69) is 0 Å². The Balaban J connectivity index is 2.69. The van der Waals surface area contributed by atoms with Gasteiger partial charge in [-0.25, -0.2) is 0 Å². The molecule has 0 amide bonds. The van der Waals surface area contributed by atoms with Crippen molar-refractivity contribution < 1.29 is 5.11 Å². The van der Waals surface area contributed by atoms with Crippen molar-refractivity contribution in [1.82, 2.24) is 4.57 Å². The molecule has 0 radical (unpaired) electrons. The SMILES string of the molecule is Nc1cccn1CCO. The fourth-order valence-corrected chi connectivity index (χ4v) is 0.739. The Bertz CT molecular complexity index is 183. The molecule has 0 aromatic carbocycles. The topological polar surface area (TPSA) is 51.2 Å². The molecule has 3 nitrogen and oxygen atoms in total. The molecule has 1 heterocycles. The Morgan fingerprint density at radius 3 is 2.89 bits per heavy atom. The first-order valence-electron chi connectivity index (χ1n) is 2.86. The zero-order valence-electron chi connectivity index (χ0n) is 5.12. The third-order valence-corrected chi connectivity index (χ3v) is 1.21. The number of rotatable bonds is 2. The molecule has 0 bridgehead atoms. The fourth-order valence-electron chi connectivity index (χ4n) is 0.739. The molecule has 0 saturated heterocycles. The summed E-state index contributed by atoms with van der Waals surface area (Å²) in [5.74, 6) is 0.698. The number of aromatic nitrogens is 1. The van der Waals surface area contributed by atoms with E-state index in [1.165, 1.54) is 0 Å². The predicted molar refractivity (Wildman–Crippen MR) is 35.9 cm³/mol. The Labute approximate surface area is 53.7 Å². The second-order valence-electron chi connectivity index (χ2n) is 1.85. The van der Waals surface area contributed by atoms with Crippen molar-refractivity contribution >= 4 is 5.82 Å². The highest BCUT2D eigenvalue weighted by Crippen LogP contribution is 2.01. The summed E-state index contributed by atoms with van der Waals surface area (Å²) in [6.07, 6.45) is 1.84. The summed E-state index contributed by atoms with van der Waals surface area (Å²) in [5.41, 5.74) is 5.48. The van der Waals surface area contributed by atoms with Gasteiger partial charge < -0.3 is 15.4 Å². The third-order valence-electron chi connectivity index (χ3n) is 1.21. The molecule has 0 unspecified atom stereocenters. The molecule has 0 spiro atoms. The molecule has 1 aromatic heterocycles. The first kappa shape index (κ1) is 6.16. The molecule has 0 aliphatic carbocycles. The van der Waals surface area contributed by atoms with Crippen molar-refractivity contribution in [1.29, 1.82) is 0 Å². The zero-order chi connectivity index (χ0) is 6.69. The van der Waals surface area contributed by atoms with Crippen LogP contribution in [-0.4, -0.2) is 16.3 Å². The highest BCUT2D eigenvalue weighted by atomic mass is 16.3. The van der Waals surface area contributed by atoms with Crippen molar-refractivity contribution in [2.24, 2.45) is 0 Å². The van der Waals surface area contributed by atoms with Crippen molar-refractivity contribution in [3.8, 4) is 0 Å². The van der Waals surface area contributed by atoms with Crippen molar-refractivity contribution in [3.63, 3.8) is 0 Å². The van der Waals surface area contributed by atoms with Gasteiger partial charge >= 0.3 is 0 Å². The summed E-state index contributed by atoms with van der Waals surface area (Å²) < 4.78 is 1.79. The summed E-state index contributed by atoms with van der Waals surface area (Å²) in [6, 6.07) is 3.65. The molecule has 1 rings (SSSR count). The number of nitrogen functional groups attached to an aromatic ring is 1. The standard InChI is InChI=1S/C6H10N2O/c7-6-2-1-3-8(6)4-5-9/h1-3,9H,4-5,7H2. The molecule has 50 valence electrons. The predicted octanol–water partition coefficient (Wildman–Crippen LogP) is 0.0626. The minimum atomic E-state index is 0.138. The maximum Gasteiger partial charge on any atom is 0.103 e. The Kier molecular flexibility index (Phi) is 1.75. The lowest BCUT2D eigenvalue weighted by Gasteiger charge is -2.00. The quantitative estimate of drug-likeness (QED) is 0.588. The van der Waals surface area contributed by atoms with Crippen LogP contribution in [0, 0.1) is 0 Å². The van der Waals surface area contributed by atoms with Crippen LogP contribution in [0.4, 0.5) is 5.82 Å². The molecule has 0 fully saturated rings. The molecule has 1 aromatic rings. The smallest absolute Gasteiger partial charge is 0.103 e. The molecule has 3 N–H and O–H groups in total. The van der Waals surface area contributed by atoms with Crippen LogP contribution < -0.4 is 5.73 Å². The van der Waals surface area contributed by atoms with E-state index in [0.29, 0.717) is 12.4 Å². The summed E-state index contributed by atoms with van der Waals surface area (Å²) in [6.45, 7) is 0.720. The van der Waals surface area contributed by atoms with E-state index >= 15 is 0 Å². The second kappa shape index (κ2) is 2.55. The van der Waals surface area contributed by atoms with Crippen LogP contribution in [0.15, 0.2) is 18.3 Å². The largest absolute Gasteiger partial charge is 0.395 e. The lowest BCUT2D eigenvalue weighted by Crippen LogP contribution is -2.03. The van der Waals surface area contributed by atoms with Gasteiger partial charge in [-0.2, -0.15) is 0 Å². The second-order valence-corrected chi connectivity index (χ2v) is 1.85.